The van der Waals surface area contributed by atoms with Crippen molar-refractivity contribution in [2.24, 2.45) is 0 Å². The molecule has 2 amide bonds. The topological polar surface area (TPSA) is 86.5 Å². The maximum absolute atomic E-state index is 12.9. The first-order valence-corrected chi connectivity index (χ1v) is 10.9. The van der Waals surface area contributed by atoms with Crippen LogP contribution in [-0.4, -0.2) is 53.2 Å². The van der Waals surface area contributed by atoms with Gasteiger partial charge < -0.3 is 25.3 Å². The molecule has 0 aliphatic carbocycles. The van der Waals surface area contributed by atoms with Gasteiger partial charge in [-0.3, -0.25) is 4.79 Å². The molecule has 4 rings (SSSR count). The van der Waals surface area contributed by atoms with Crippen LogP contribution in [0.25, 0.3) is 10.9 Å². The number of fused-ring (bicyclic) bond motifs is 2. The van der Waals surface area contributed by atoms with Crippen LogP contribution in [0.2, 0.25) is 0 Å². The lowest BCUT2D eigenvalue weighted by Gasteiger charge is -2.31. The minimum absolute atomic E-state index is 0.0429. The number of hydrogen-bond donors (Lipinski definition) is 3. The number of nitrogens with one attached hydrogen (secondary N) is 3. The van der Waals surface area contributed by atoms with Gasteiger partial charge in [-0.15, -0.1) is 0 Å². The molecule has 168 valence electrons. The van der Waals surface area contributed by atoms with Crippen LogP contribution < -0.4 is 10.6 Å². The highest BCUT2D eigenvalue weighted by Gasteiger charge is 2.32. The zero-order valence-corrected chi connectivity index (χ0v) is 18.9. The molecule has 0 saturated heterocycles. The van der Waals surface area contributed by atoms with E-state index in [1.807, 2.05) is 69.4 Å². The van der Waals surface area contributed by atoms with Crippen molar-refractivity contribution in [1.82, 2.24) is 15.2 Å². The highest BCUT2D eigenvalue weighted by Crippen LogP contribution is 2.25. The van der Waals surface area contributed by atoms with E-state index in [0.29, 0.717) is 18.5 Å². The number of amides is 2. The molecule has 0 bridgehead atoms. The van der Waals surface area contributed by atoms with Crippen LogP contribution in [0.3, 0.4) is 0 Å². The molecule has 1 aliphatic heterocycles. The first-order valence-electron chi connectivity index (χ1n) is 10.9. The summed E-state index contributed by atoms with van der Waals surface area (Å²) >= 11 is 0. The Morgan fingerprint density at radius 3 is 2.69 bits per heavy atom. The summed E-state index contributed by atoms with van der Waals surface area (Å²) in [5.74, 6) is -0.0429. The molecular weight excluding hydrogens is 404 g/mol. The second kappa shape index (κ2) is 8.57. The maximum atomic E-state index is 12.9. The fraction of sp³-hybridized carbons (Fsp3) is 0.360. The summed E-state index contributed by atoms with van der Waals surface area (Å²) in [7, 11) is 1.79. The lowest BCUT2D eigenvalue weighted by molar-refractivity contribution is 0.0496. The third-order valence-corrected chi connectivity index (χ3v) is 5.62. The Bertz CT molecular complexity index is 1130. The zero-order chi connectivity index (χ0) is 22.9. The number of likely N-dealkylation sites (N-methyl/N-ethyl adjacent to an activating group) is 1. The van der Waals surface area contributed by atoms with Gasteiger partial charge in [-0.25, -0.2) is 4.79 Å². The van der Waals surface area contributed by atoms with E-state index in [1.165, 1.54) is 0 Å². The van der Waals surface area contributed by atoms with Crippen molar-refractivity contribution in [3.8, 4) is 0 Å². The normalized spacial score (nSPS) is 17.3. The average Bonchev–Trinajstić information content (AvgIpc) is 3.08. The lowest BCUT2D eigenvalue weighted by atomic mass is 9.98. The van der Waals surface area contributed by atoms with Gasteiger partial charge in [0.05, 0.1) is 17.6 Å². The van der Waals surface area contributed by atoms with Crippen molar-refractivity contribution in [3.63, 3.8) is 0 Å². The number of aromatic amines is 1. The summed E-state index contributed by atoms with van der Waals surface area (Å²) in [5, 5.41) is 7.68. The lowest BCUT2D eigenvalue weighted by Crippen LogP contribution is -2.53. The number of anilines is 1. The van der Waals surface area contributed by atoms with Crippen molar-refractivity contribution < 1.29 is 14.3 Å². The third kappa shape index (κ3) is 4.72. The largest absolute Gasteiger partial charge is 0.444 e. The van der Waals surface area contributed by atoms with Crippen molar-refractivity contribution in [2.45, 2.75) is 44.9 Å². The van der Waals surface area contributed by atoms with E-state index < -0.39 is 11.7 Å². The molecule has 1 aromatic heterocycles. The Balaban J connectivity index is 1.66. The third-order valence-electron chi connectivity index (χ3n) is 5.62. The van der Waals surface area contributed by atoms with E-state index >= 15 is 0 Å². The zero-order valence-electron chi connectivity index (χ0n) is 18.9. The molecule has 32 heavy (non-hydrogen) atoms. The van der Waals surface area contributed by atoms with Crippen molar-refractivity contribution in [2.75, 3.05) is 18.9 Å². The monoisotopic (exact) mass is 434 g/mol. The number of carbonyl (C=O) groups excluding carboxylic acids is 2. The molecule has 7 heteroatoms. The SMILES string of the molecule is CN1C[C@H]([C@H](Cc2c[nH]c3ccccc23)NC(=O)OC(C)(C)C)Nc2ccccc2C1=O. The summed E-state index contributed by atoms with van der Waals surface area (Å²) in [6.07, 6.45) is 2.08. The number of H-pyrrole nitrogens is 1. The molecule has 2 heterocycles. The second-order valence-corrected chi connectivity index (χ2v) is 9.30. The molecule has 2 aromatic carbocycles. The van der Waals surface area contributed by atoms with E-state index in [9.17, 15) is 9.59 Å². The van der Waals surface area contributed by atoms with Crippen LogP contribution in [0.5, 0.6) is 0 Å². The molecule has 1 aliphatic rings. The van der Waals surface area contributed by atoms with Crippen LogP contribution in [0.4, 0.5) is 10.5 Å². The predicted molar refractivity (Wildman–Crippen MR) is 126 cm³/mol. The number of hydrogen-bond acceptors (Lipinski definition) is 4. The molecule has 0 fully saturated rings. The summed E-state index contributed by atoms with van der Waals surface area (Å²) < 4.78 is 5.55. The predicted octanol–water partition coefficient (Wildman–Crippen LogP) is 4.17. The quantitative estimate of drug-likeness (QED) is 0.575. The second-order valence-electron chi connectivity index (χ2n) is 9.30. The number of para-hydroxylation sites is 2. The molecule has 3 N–H and O–H groups in total. The smallest absolute Gasteiger partial charge is 0.407 e. The van der Waals surface area contributed by atoms with Crippen LogP contribution in [0.1, 0.15) is 36.7 Å². The van der Waals surface area contributed by atoms with Gasteiger partial charge in [0, 0.05) is 36.4 Å². The van der Waals surface area contributed by atoms with Gasteiger partial charge in [0.2, 0.25) is 0 Å². The average molecular weight is 435 g/mol. The molecule has 2 atom stereocenters. The van der Waals surface area contributed by atoms with E-state index in [1.54, 1.807) is 11.9 Å². The molecular formula is C25H30N4O3. The van der Waals surface area contributed by atoms with Crippen LogP contribution in [-0.2, 0) is 11.2 Å². The van der Waals surface area contributed by atoms with E-state index in [-0.39, 0.29) is 18.0 Å². The van der Waals surface area contributed by atoms with E-state index in [4.69, 9.17) is 4.74 Å². The highest BCUT2D eigenvalue weighted by molar-refractivity contribution is 6.00. The molecule has 0 saturated carbocycles. The first kappa shape index (κ1) is 21.7. The van der Waals surface area contributed by atoms with Gasteiger partial charge in [0.1, 0.15) is 5.60 Å². The molecule has 7 nitrogen and oxygen atoms in total. The van der Waals surface area contributed by atoms with E-state index in [0.717, 1.165) is 22.2 Å². The van der Waals surface area contributed by atoms with Gasteiger partial charge in [-0.2, -0.15) is 0 Å². The number of carbonyl (C=O) groups is 2. The summed E-state index contributed by atoms with van der Waals surface area (Å²) in [6, 6.07) is 15.0. The fourth-order valence-corrected chi connectivity index (χ4v) is 4.14. The Hall–Kier alpha value is -3.48. The Morgan fingerprint density at radius 1 is 1.19 bits per heavy atom. The molecule has 0 radical (unpaired) electrons. The van der Waals surface area contributed by atoms with E-state index in [2.05, 4.69) is 21.7 Å². The van der Waals surface area contributed by atoms with Crippen LogP contribution in [0, 0.1) is 0 Å². The minimum Gasteiger partial charge on any atom is -0.444 e. The minimum atomic E-state index is -0.606. The summed E-state index contributed by atoms with van der Waals surface area (Å²) in [4.78, 5) is 30.6. The molecule has 3 aromatic rings. The number of aromatic nitrogens is 1. The van der Waals surface area contributed by atoms with Gasteiger partial charge in [-0.1, -0.05) is 30.3 Å². The van der Waals surface area contributed by atoms with Crippen LogP contribution in [0.15, 0.2) is 54.7 Å². The number of alkyl carbamates (subject to hydrolysis) is 1. The van der Waals surface area contributed by atoms with Crippen molar-refractivity contribution in [1.29, 1.82) is 0 Å². The van der Waals surface area contributed by atoms with Gasteiger partial charge in [0.25, 0.3) is 5.91 Å². The van der Waals surface area contributed by atoms with Crippen molar-refractivity contribution in [3.05, 3.63) is 65.9 Å². The van der Waals surface area contributed by atoms with Crippen LogP contribution >= 0.6 is 0 Å². The Kier molecular flexibility index (Phi) is 5.82. The molecule has 0 spiro atoms. The summed E-state index contributed by atoms with van der Waals surface area (Å²) in [6.45, 7) is 5.96. The maximum Gasteiger partial charge on any atom is 0.407 e. The molecule has 0 unspecified atom stereocenters. The highest BCUT2D eigenvalue weighted by atomic mass is 16.6. The first-order chi connectivity index (χ1) is 15.2. The standard InChI is InChI=1S/C25H30N4O3/c1-25(2,3)32-24(31)28-21(13-16-14-26-19-11-7-5-9-17(16)19)22-15-29(4)23(30)18-10-6-8-12-20(18)27-22/h5-12,14,21-22,26-27H,13,15H2,1-4H3,(H,28,31)/t21-,22+/m0/s1. The van der Waals surface area contributed by atoms with Gasteiger partial charge in [-0.05, 0) is 51.0 Å². The van der Waals surface area contributed by atoms with Gasteiger partial charge >= 0.3 is 6.09 Å². The number of benzene rings is 2. The fourth-order valence-electron chi connectivity index (χ4n) is 4.14. The Morgan fingerprint density at radius 2 is 1.91 bits per heavy atom. The Labute approximate surface area is 188 Å². The number of nitrogens with zero attached hydrogens (tertiary/aromatic N) is 1. The summed E-state index contributed by atoms with van der Waals surface area (Å²) in [5.41, 5.74) is 2.92. The van der Waals surface area contributed by atoms with Crippen molar-refractivity contribution >= 4 is 28.6 Å². The number of ether oxygens (including phenoxy) is 1. The number of rotatable bonds is 4. The van der Waals surface area contributed by atoms with Gasteiger partial charge in [0.15, 0.2) is 0 Å².